The summed E-state index contributed by atoms with van der Waals surface area (Å²) in [4.78, 5) is 11.2. The fourth-order valence-corrected chi connectivity index (χ4v) is 1.44. The van der Waals surface area contributed by atoms with Gasteiger partial charge in [0.1, 0.15) is 0 Å². The number of nitrogens with zero attached hydrogens (tertiary/aromatic N) is 2. The Morgan fingerprint density at radius 2 is 2.40 bits per heavy atom. The molecule has 78 valence electrons. The molecular weight excluding hydrogens is 192 g/mol. The lowest BCUT2D eigenvalue weighted by molar-refractivity contribution is -0.142. The molecule has 0 amide bonds. The molecule has 4 nitrogen and oxygen atoms in total. The van der Waals surface area contributed by atoms with Crippen molar-refractivity contribution in [1.29, 1.82) is 0 Å². The van der Waals surface area contributed by atoms with Gasteiger partial charge in [0.2, 0.25) is 0 Å². The fraction of sp³-hybridized carbons (Fsp3) is 0.273. The van der Waals surface area contributed by atoms with E-state index in [1.807, 2.05) is 30.5 Å². The maximum atomic E-state index is 11.2. The third-order valence-electron chi connectivity index (χ3n) is 2.05. The number of carbonyl (C=O) groups is 1. The molecule has 0 spiro atoms. The van der Waals surface area contributed by atoms with E-state index in [1.165, 1.54) is 0 Å². The molecule has 0 aliphatic rings. The molecule has 0 saturated heterocycles. The number of esters is 1. The number of carbonyl (C=O) groups excluding carboxylic acids is 1. The van der Waals surface area contributed by atoms with Gasteiger partial charge in [-0.05, 0) is 25.1 Å². The monoisotopic (exact) mass is 204 g/mol. The predicted octanol–water partition coefficient (Wildman–Crippen LogP) is 1.44. The Bertz CT molecular complexity index is 443. The fourth-order valence-electron chi connectivity index (χ4n) is 1.44. The van der Waals surface area contributed by atoms with E-state index in [4.69, 9.17) is 4.74 Å². The molecule has 4 heteroatoms. The zero-order chi connectivity index (χ0) is 10.7. The maximum Gasteiger partial charge on any atom is 0.311 e. The molecule has 0 N–H and O–H groups in total. The van der Waals surface area contributed by atoms with E-state index in [1.54, 1.807) is 11.4 Å². The molecular formula is C11H12N2O2. The van der Waals surface area contributed by atoms with Crippen LogP contribution in [0.25, 0.3) is 5.52 Å². The minimum absolute atomic E-state index is 0.232. The van der Waals surface area contributed by atoms with Gasteiger partial charge in [-0.15, -0.1) is 0 Å². The number of pyridine rings is 1. The first-order valence-corrected chi connectivity index (χ1v) is 4.88. The van der Waals surface area contributed by atoms with E-state index < -0.39 is 0 Å². The van der Waals surface area contributed by atoms with Crippen molar-refractivity contribution >= 4 is 11.5 Å². The molecule has 0 aliphatic heterocycles. The van der Waals surface area contributed by atoms with Crippen LogP contribution in [0, 0.1) is 0 Å². The summed E-state index contributed by atoms with van der Waals surface area (Å²) in [5.41, 5.74) is 1.72. The van der Waals surface area contributed by atoms with Crippen molar-refractivity contribution in [3.63, 3.8) is 0 Å². The van der Waals surface area contributed by atoms with Crippen molar-refractivity contribution in [2.45, 2.75) is 13.3 Å². The van der Waals surface area contributed by atoms with Crippen molar-refractivity contribution in [3.05, 3.63) is 36.2 Å². The van der Waals surface area contributed by atoms with Crippen molar-refractivity contribution in [3.8, 4) is 0 Å². The topological polar surface area (TPSA) is 43.6 Å². The lowest BCUT2D eigenvalue weighted by atomic mass is 10.3. The largest absolute Gasteiger partial charge is 0.466 e. The second-order valence-corrected chi connectivity index (χ2v) is 3.19. The van der Waals surface area contributed by atoms with Gasteiger partial charge in [-0.2, -0.15) is 5.10 Å². The number of hydrogen-bond acceptors (Lipinski definition) is 3. The molecule has 0 fully saturated rings. The summed E-state index contributed by atoms with van der Waals surface area (Å²) in [6, 6.07) is 7.66. The Labute approximate surface area is 87.5 Å². The third-order valence-corrected chi connectivity index (χ3v) is 2.05. The van der Waals surface area contributed by atoms with Gasteiger partial charge in [0.05, 0.1) is 24.2 Å². The highest BCUT2D eigenvalue weighted by Crippen LogP contribution is 2.06. The predicted molar refractivity (Wildman–Crippen MR) is 55.5 cm³/mol. The minimum Gasteiger partial charge on any atom is -0.466 e. The van der Waals surface area contributed by atoms with Crippen LogP contribution in [0.1, 0.15) is 12.6 Å². The minimum atomic E-state index is -0.235. The molecule has 15 heavy (non-hydrogen) atoms. The van der Waals surface area contributed by atoms with E-state index in [2.05, 4.69) is 5.10 Å². The molecule has 0 radical (unpaired) electrons. The van der Waals surface area contributed by atoms with Crippen LogP contribution in [0.3, 0.4) is 0 Å². The molecule has 0 aromatic carbocycles. The first-order valence-electron chi connectivity index (χ1n) is 4.88. The van der Waals surface area contributed by atoms with Gasteiger partial charge in [-0.25, -0.2) is 4.52 Å². The number of rotatable bonds is 3. The van der Waals surface area contributed by atoms with E-state index in [0.717, 1.165) is 11.2 Å². The SMILES string of the molecule is CCOC(=O)Cc1cc2ccccn2n1. The molecule has 2 heterocycles. The van der Waals surface area contributed by atoms with Crippen LogP contribution in [0.2, 0.25) is 0 Å². The van der Waals surface area contributed by atoms with Crippen LogP contribution >= 0.6 is 0 Å². The normalized spacial score (nSPS) is 10.5. The molecule has 2 rings (SSSR count). The first-order chi connectivity index (χ1) is 7.29. The van der Waals surface area contributed by atoms with Gasteiger partial charge in [0, 0.05) is 6.20 Å². The smallest absolute Gasteiger partial charge is 0.311 e. The second-order valence-electron chi connectivity index (χ2n) is 3.19. The Morgan fingerprint density at radius 3 is 3.13 bits per heavy atom. The Kier molecular flexibility index (Phi) is 2.67. The van der Waals surface area contributed by atoms with Gasteiger partial charge in [0.15, 0.2) is 0 Å². The standard InChI is InChI=1S/C11H12N2O2/c1-2-15-11(14)8-9-7-10-5-3-4-6-13(10)12-9/h3-7H,2,8H2,1H3. The number of fused-ring (bicyclic) bond motifs is 1. The lowest BCUT2D eigenvalue weighted by Crippen LogP contribution is -2.07. The Hall–Kier alpha value is -1.84. The van der Waals surface area contributed by atoms with Gasteiger partial charge >= 0.3 is 5.97 Å². The molecule has 0 saturated carbocycles. The van der Waals surface area contributed by atoms with E-state index in [-0.39, 0.29) is 12.4 Å². The third kappa shape index (κ3) is 2.15. The summed E-state index contributed by atoms with van der Waals surface area (Å²) in [7, 11) is 0. The van der Waals surface area contributed by atoms with Gasteiger partial charge in [0.25, 0.3) is 0 Å². The quantitative estimate of drug-likeness (QED) is 0.710. The van der Waals surface area contributed by atoms with E-state index >= 15 is 0 Å². The van der Waals surface area contributed by atoms with Crippen LogP contribution in [0.5, 0.6) is 0 Å². The van der Waals surface area contributed by atoms with Gasteiger partial charge in [-0.1, -0.05) is 6.07 Å². The number of aromatic nitrogens is 2. The van der Waals surface area contributed by atoms with Crippen LogP contribution in [-0.2, 0) is 16.0 Å². The number of hydrogen-bond donors (Lipinski definition) is 0. The van der Waals surface area contributed by atoms with Gasteiger partial charge < -0.3 is 4.74 Å². The molecule has 0 atom stereocenters. The molecule has 2 aromatic heterocycles. The first kappa shape index (κ1) is 9.71. The number of ether oxygens (including phenoxy) is 1. The van der Waals surface area contributed by atoms with Crippen molar-refractivity contribution in [1.82, 2.24) is 9.61 Å². The average Bonchev–Trinajstić information content (AvgIpc) is 2.59. The summed E-state index contributed by atoms with van der Waals surface area (Å²) < 4.78 is 6.60. The zero-order valence-electron chi connectivity index (χ0n) is 8.51. The van der Waals surface area contributed by atoms with Crippen LogP contribution < -0.4 is 0 Å². The summed E-state index contributed by atoms with van der Waals surface area (Å²) >= 11 is 0. The summed E-state index contributed by atoms with van der Waals surface area (Å²) in [5, 5.41) is 4.25. The van der Waals surface area contributed by atoms with Crippen LogP contribution in [0.4, 0.5) is 0 Å². The lowest BCUT2D eigenvalue weighted by Gasteiger charge is -1.97. The Balaban J connectivity index is 2.18. The maximum absolute atomic E-state index is 11.2. The highest BCUT2D eigenvalue weighted by molar-refractivity contribution is 5.72. The second kappa shape index (κ2) is 4.13. The van der Waals surface area contributed by atoms with E-state index in [9.17, 15) is 4.79 Å². The van der Waals surface area contributed by atoms with Crippen molar-refractivity contribution < 1.29 is 9.53 Å². The molecule has 2 aromatic rings. The summed E-state index contributed by atoms with van der Waals surface area (Å²) in [6.45, 7) is 2.20. The van der Waals surface area contributed by atoms with Crippen LogP contribution in [-0.4, -0.2) is 22.2 Å². The zero-order valence-corrected chi connectivity index (χ0v) is 8.51. The van der Waals surface area contributed by atoms with Crippen LogP contribution in [0.15, 0.2) is 30.5 Å². The Morgan fingerprint density at radius 1 is 1.53 bits per heavy atom. The highest BCUT2D eigenvalue weighted by atomic mass is 16.5. The molecule has 0 aliphatic carbocycles. The van der Waals surface area contributed by atoms with Crippen molar-refractivity contribution in [2.75, 3.05) is 6.61 Å². The van der Waals surface area contributed by atoms with Crippen molar-refractivity contribution in [2.24, 2.45) is 0 Å². The molecule has 0 bridgehead atoms. The average molecular weight is 204 g/mol. The van der Waals surface area contributed by atoms with E-state index in [0.29, 0.717) is 6.61 Å². The summed E-state index contributed by atoms with van der Waals surface area (Å²) in [5.74, 6) is -0.235. The van der Waals surface area contributed by atoms with Gasteiger partial charge in [-0.3, -0.25) is 4.79 Å². The highest BCUT2D eigenvalue weighted by Gasteiger charge is 2.07. The molecule has 0 unspecified atom stereocenters. The summed E-state index contributed by atoms with van der Waals surface area (Å²) in [6.07, 6.45) is 2.08.